The van der Waals surface area contributed by atoms with Crippen molar-refractivity contribution in [1.82, 2.24) is 10.6 Å². The summed E-state index contributed by atoms with van der Waals surface area (Å²) in [4.78, 5) is 22.1. The molecule has 1 aromatic heterocycles. The molecule has 0 saturated carbocycles. The Hall–Kier alpha value is -2.02. The molecule has 0 radical (unpaired) electrons. The molecule has 1 rings (SSSR count). The lowest BCUT2D eigenvalue weighted by Gasteiger charge is -2.14. The van der Waals surface area contributed by atoms with E-state index >= 15 is 0 Å². The van der Waals surface area contributed by atoms with E-state index in [2.05, 4.69) is 15.4 Å². The van der Waals surface area contributed by atoms with Crippen LogP contribution in [0.5, 0.6) is 0 Å². The number of carbonyl (C=O) groups is 2. The topological polar surface area (TPSA) is 101 Å². The smallest absolute Gasteiger partial charge is 0.334 e. The maximum Gasteiger partial charge on any atom is 0.334 e. The predicted octanol–water partition coefficient (Wildman–Crippen LogP) is 0.739. The fourth-order valence-electron chi connectivity index (χ4n) is 1.31. The van der Waals surface area contributed by atoms with E-state index in [0.717, 1.165) is 0 Å². The monoisotopic (exact) mass is 256 g/mol. The van der Waals surface area contributed by atoms with Crippen LogP contribution in [0.4, 0.5) is 4.79 Å². The number of carbonyl (C=O) groups excluding carboxylic acids is 1. The first kappa shape index (κ1) is 14.0. The Kier molecular flexibility index (Phi) is 5.19. The quantitative estimate of drug-likeness (QED) is 0.697. The van der Waals surface area contributed by atoms with E-state index in [1.165, 1.54) is 13.4 Å². The van der Waals surface area contributed by atoms with Gasteiger partial charge in [0.25, 0.3) is 0 Å². The van der Waals surface area contributed by atoms with E-state index in [1.807, 2.05) is 0 Å². The van der Waals surface area contributed by atoms with Crippen LogP contribution in [0.1, 0.15) is 18.7 Å². The summed E-state index contributed by atoms with van der Waals surface area (Å²) >= 11 is 0. The molecule has 0 aliphatic rings. The third-order valence-electron chi connectivity index (χ3n) is 2.33. The van der Waals surface area contributed by atoms with E-state index in [1.54, 1.807) is 19.1 Å². The van der Waals surface area contributed by atoms with Crippen LogP contribution in [0.25, 0.3) is 0 Å². The predicted molar refractivity (Wildman–Crippen MR) is 62.1 cm³/mol. The van der Waals surface area contributed by atoms with E-state index in [9.17, 15) is 9.59 Å². The molecule has 0 spiro atoms. The van der Waals surface area contributed by atoms with Crippen molar-refractivity contribution in [3.63, 3.8) is 0 Å². The van der Waals surface area contributed by atoms with Crippen LogP contribution in [0.2, 0.25) is 0 Å². The van der Waals surface area contributed by atoms with Crippen molar-refractivity contribution in [2.24, 2.45) is 0 Å². The van der Waals surface area contributed by atoms with Crippen LogP contribution in [-0.4, -0.2) is 36.9 Å². The van der Waals surface area contributed by atoms with Crippen LogP contribution in [0.3, 0.4) is 0 Å². The van der Waals surface area contributed by atoms with E-state index in [-0.39, 0.29) is 12.6 Å². The summed E-state index contributed by atoms with van der Waals surface area (Å²) in [5.41, 5.74) is 0. The fourth-order valence-corrected chi connectivity index (χ4v) is 1.31. The summed E-state index contributed by atoms with van der Waals surface area (Å²) in [5.74, 6) is -0.511. The second kappa shape index (κ2) is 6.65. The van der Waals surface area contributed by atoms with Crippen LogP contribution >= 0.6 is 0 Å². The van der Waals surface area contributed by atoms with Gasteiger partial charge < -0.3 is 24.9 Å². The van der Waals surface area contributed by atoms with Crippen molar-refractivity contribution in [2.45, 2.75) is 19.1 Å². The first-order chi connectivity index (χ1) is 8.54. The lowest BCUT2D eigenvalue weighted by molar-refractivity contribution is -0.147. The van der Waals surface area contributed by atoms with E-state index in [4.69, 9.17) is 9.52 Å². The molecule has 0 aliphatic heterocycles. The number of ether oxygens (including phenoxy) is 1. The van der Waals surface area contributed by atoms with Gasteiger partial charge in [-0.15, -0.1) is 0 Å². The Bertz CT molecular complexity index is 390. The zero-order valence-corrected chi connectivity index (χ0v) is 10.2. The van der Waals surface area contributed by atoms with Gasteiger partial charge in [0, 0.05) is 7.11 Å². The highest BCUT2D eigenvalue weighted by Gasteiger charge is 2.18. The van der Waals surface area contributed by atoms with Crippen LogP contribution in [0, 0.1) is 0 Å². The molecular formula is C11H16N2O5. The maximum atomic E-state index is 11.5. The normalized spacial score (nSPS) is 13.7. The summed E-state index contributed by atoms with van der Waals surface area (Å²) < 4.78 is 9.80. The second-order valence-electron chi connectivity index (χ2n) is 3.65. The largest absolute Gasteiger partial charge is 0.479 e. The molecule has 7 heteroatoms. The number of carboxylic acid groups (broad SMARTS) is 1. The molecule has 0 bridgehead atoms. The molecule has 0 aromatic carbocycles. The zero-order valence-electron chi connectivity index (χ0n) is 10.2. The van der Waals surface area contributed by atoms with E-state index in [0.29, 0.717) is 5.76 Å². The van der Waals surface area contributed by atoms with Crippen molar-refractivity contribution in [1.29, 1.82) is 0 Å². The molecular weight excluding hydrogens is 240 g/mol. The van der Waals surface area contributed by atoms with Gasteiger partial charge in [-0.05, 0) is 19.1 Å². The Balaban J connectivity index is 2.35. The second-order valence-corrected chi connectivity index (χ2v) is 3.65. The molecule has 2 unspecified atom stereocenters. The summed E-state index contributed by atoms with van der Waals surface area (Å²) in [5, 5.41) is 13.7. The van der Waals surface area contributed by atoms with Gasteiger partial charge in [-0.3, -0.25) is 0 Å². The van der Waals surface area contributed by atoms with Crippen LogP contribution in [0.15, 0.2) is 22.8 Å². The van der Waals surface area contributed by atoms with Gasteiger partial charge in [-0.2, -0.15) is 0 Å². The number of amides is 2. The van der Waals surface area contributed by atoms with Crippen molar-refractivity contribution in [3.8, 4) is 0 Å². The molecule has 18 heavy (non-hydrogen) atoms. The number of hydrogen-bond donors (Lipinski definition) is 3. The Morgan fingerprint density at radius 1 is 1.56 bits per heavy atom. The minimum Gasteiger partial charge on any atom is -0.479 e. The molecule has 100 valence electrons. The van der Waals surface area contributed by atoms with Gasteiger partial charge in [0.05, 0.1) is 18.8 Å². The van der Waals surface area contributed by atoms with Crippen molar-refractivity contribution >= 4 is 12.0 Å². The van der Waals surface area contributed by atoms with Crippen molar-refractivity contribution in [2.75, 3.05) is 13.7 Å². The number of methoxy groups -OCH3 is 1. The zero-order chi connectivity index (χ0) is 13.5. The summed E-state index contributed by atoms with van der Waals surface area (Å²) in [7, 11) is 1.27. The average molecular weight is 256 g/mol. The highest BCUT2D eigenvalue weighted by Crippen LogP contribution is 2.11. The third kappa shape index (κ3) is 4.10. The first-order valence-corrected chi connectivity index (χ1v) is 5.38. The number of urea groups is 1. The lowest BCUT2D eigenvalue weighted by atomic mass is 10.2. The molecule has 0 aliphatic carbocycles. The molecule has 3 N–H and O–H groups in total. The van der Waals surface area contributed by atoms with Gasteiger partial charge in [-0.1, -0.05) is 0 Å². The molecule has 2 amide bonds. The Labute approximate surface area is 104 Å². The summed E-state index contributed by atoms with van der Waals surface area (Å²) in [6.07, 6.45) is 0.450. The lowest BCUT2D eigenvalue weighted by Crippen LogP contribution is -2.43. The first-order valence-electron chi connectivity index (χ1n) is 5.38. The molecule has 0 saturated heterocycles. The standard InChI is InChI=1S/C11H16N2O5/c1-7(8-4-3-5-18-8)13-11(16)12-6-9(17-2)10(14)15/h3-5,7,9H,6H2,1-2H3,(H,14,15)(H2,12,13,16). The van der Waals surface area contributed by atoms with Gasteiger partial charge in [-0.25, -0.2) is 9.59 Å². The summed E-state index contributed by atoms with van der Waals surface area (Å²) in [6.45, 7) is 1.64. The van der Waals surface area contributed by atoms with Crippen molar-refractivity contribution < 1.29 is 23.8 Å². The van der Waals surface area contributed by atoms with Crippen LogP contribution < -0.4 is 10.6 Å². The number of aliphatic carboxylic acids is 1. The molecule has 2 atom stereocenters. The minimum atomic E-state index is -1.13. The third-order valence-corrected chi connectivity index (χ3v) is 2.33. The number of carboxylic acids is 1. The number of nitrogens with one attached hydrogen (secondary N) is 2. The SMILES string of the molecule is COC(CNC(=O)NC(C)c1ccco1)C(=O)O. The molecule has 1 heterocycles. The average Bonchev–Trinajstić information content (AvgIpc) is 2.82. The Morgan fingerprint density at radius 3 is 2.78 bits per heavy atom. The van der Waals surface area contributed by atoms with Gasteiger partial charge >= 0.3 is 12.0 Å². The highest BCUT2D eigenvalue weighted by atomic mass is 16.5. The number of furan rings is 1. The number of hydrogen-bond acceptors (Lipinski definition) is 4. The fraction of sp³-hybridized carbons (Fsp3) is 0.455. The van der Waals surface area contributed by atoms with Crippen LogP contribution in [-0.2, 0) is 9.53 Å². The molecule has 0 fully saturated rings. The van der Waals surface area contributed by atoms with E-state index < -0.39 is 18.1 Å². The minimum absolute atomic E-state index is 0.109. The highest BCUT2D eigenvalue weighted by molar-refractivity contribution is 5.77. The van der Waals surface area contributed by atoms with Crippen molar-refractivity contribution in [3.05, 3.63) is 24.2 Å². The molecule has 1 aromatic rings. The summed E-state index contributed by atoms with van der Waals surface area (Å²) in [6, 6.07) is 2.67. The molecule has 7 nitrogen and oxygen atoms in total. The Morgan fingerprint density at radius 2 is 2.28 bits per heavy atom. The number of rotatable bonds is 6. The van der Waals surface area contributed by atoms with Gasteiger partial charge in [0.15, 0.2) is 6.10 Å². The maximum absolute atomic E-state index is 11.5. The van der Waals surface area contributed by atoms with Gasteiger partial charge in [0.1, 0.15) is 5.76 Å². The van der Waals surface area contributed by atoms with Gasteiger partial charge in [0.2, 0.25) is 0 Å².